The Morgan fingerprint density at radius 3 is 2.09 bits per heavy atom. The summed E-state index contributed by atoms with van der Waals surface area (Å²) in [5.41, 5.74) is 3.24. The fourth-order valence-corrected chi connectivity index (χ4v) is 3.40. The third kappa shape index (κ3) is 6.18. The molecule has 0 aromatic heterocycles. The molecule has 0 spiro atoms. The number of hydrogen-bond donors (Lipinski definition) is 3. The van der Waals surface area contributed by atoms with Crippen LogP contribution in [0.3, 0.4) is 0 Å². The molecule has 3 aromatic carbocycles. The Morgan fingerprint density at radius 1 is 0.844 bits per heavy atom. The van der Waals surface area contributed by atoms with Crippen molar-refractivity contribution in [2.45, 2.75) is 26.3 Å². The minimum atomic E-state index is -0.494. The number of carbonyl (C=O) groups excluding carboxylic acids is 3. The molecule has 0 aliphatic carbocycles. The van der Waals surface area contributed by atoms with Crippen LogP contribution in [0.25, 0.3) is 0 Å². The first kappa shape index (κ1) is 23.0. The standard InChI is InChI=1S/C25H24ClN3O3/c1-16-21(9-6-10-22(16)29-25(32)19-7-4-3-5-8-19)28-24(31)15-23(27-17(2)30)18-11-13-20(26)14-12-18/h3-14,23H,15H2,1-2H3,(H,27,30)(H,28,31)(H,29,32). The van der Waals surface area contributed by atoms with Gasteiger partial charge in [0.2, 0.25) is 11.8 Å². The summed E-state index contributed by atoms with van der Waals surface area (Å²) < 4.78 is 0. The molecule has 3 rings (SSSR count). The van der Waals surface area contributed by atoms with Gasteiger partial charge < -0.3 is 16.0 Å². The number of carbonyl (C=O) groups is 3. The Balaban J connectivity index is 1.72. The van der Waals surface area contributed by atoms with Crippen molar-refractivity contribution in [1.82, 2.24) is 5.32 Å². The fraction of sp³-hybridized carbons (Fsp3) is 0.160. The number of amides is 3. The average Bonchev–Trinajstić information content (AvgIpc) is 2.77. The van der Waals surface area contributed by atoms with Gasteiger partial charge in [0.05, 0.1) is 12.5 Å². The highest BCUT2D eigenvalue weighted by molar-refractivity contribution is 6.30. The molecule has 164 valence electrons. The molecule has 6 nitrogen and oxygen atoms in total. The molecule has 7 heteroatoms. The van der Waals surface area contributed by atoms with Crippen molar-refractivity contribution >= 4 is 40.7 Å². The maximum absolute atomic E-state index is 12.8. The quantitative estimate of drug-likeness (QED) is 0.468. The molecule has 3 N–H and O–H groups in total. The molecule has 0 aliphatic heterocycles. The van der Waals surface area contributed by atoms with Crippen LogP contribution in [0.2, 0.25) is 5.02 Å². The minimum absolute atomic E-state index is 0.0429. The summed E-state index contributed by atoms with van der Waals surface area (Å²) in [6.45, 7) is 3.23. The second-order valence-electron chi connectivity index (χ2n) is 7.36. The van der Waals surface area contributed by atoms with Crippen molar-refractivity contribution in [2.75, 3.05) is 10.6 Å². The highest BCUT2D eigenvalue weighted by Crippen LogP contribution is 2.25. The van der Waals surface area contributed by atoms with Gasteiger partial charge >= 0.3 is 0 Å². The van der Waals surface area contributed by atoms with Crippen LogP contribution in [0.4, 0.5) is 11.4 Å². The first-order valence-electron chi connectivity index (χ1n) is 10.1. The van der Waals surface area contributed by atoms with Gasteiger partial charge in [0.15, 0.2) is 0 Å². The molecule has 0 radical (unpaired) electrons. The van der Waals surface area contributed by atoms with Crippen molar-refractivity contribution in [3.05, 3.63) is 94.5 Å². The van der Waals surface area contributed by atoms with Crippen LogP contribution in [0.1, 0.15) is 40.9 Å². The van der Waals surface area contributed by atoms with E-state index in [9.17, 15) is 14.4 Å². The third-order valence-corrected chi connectivity index (χ3v) is 5.18. The SMILES string of the molecule is CC(=O)NC(CC(=O)Nc1cccc(NC(=O)c2ccccc2)c1C)c1ccc(Cl)cc1. The highest BCUT2D eigenvalue weighted by atomic mass is 35.5. The second kappa shape index (κ2) is 10.6. The van der Waals surface area contributed by atoms with E-state index in [-0.39, 0.29) is 24.1 Å². The molecule has 32 heavy (non-hydrogen) atoms. The second-order valence-corrected chi connectivity index (χ2v) is 7.79. The van der Waals surface area contributed by atoms with E-state index < -0.39 is 6.04 Å². The normalized spacial score (nSPS) is 11.3. The monoisotopic (exact) mass is 449 g/mol. The van der Waals surface area contributed by atoms with Crippen LogP contribution < -0.4 is 16.0 Å². The molecule has 3 aromatic rings. The molecular formula is C25H24ClN3O3. The van der Waals surface area contributed by atoms with E-state index in [0.29, 0.717) is 22.0 Å². The van der Waals surface area contributed by atoms with E-state index in [0.717, 1.165) is 11.1 Å². The van der Waals surface area contributed by atoms with E-state index >= 15 is 0 Å². The van der Waals surface area contributed by atoms with Crippen LogP contribution in [0, 0.1) is 6.92 Å². The van der Waals surface area contributed by atoms with Gasteiger partial charge in [-0.3, -0.25) is 14.4 Å². The lowest BCUT2D eigenvalue weighted by atomic mass is 10.0. The van der Waals surface area contributed by atoms with Crippen LogP contribution in [0.15, 0.2) is 72.8 Å². The fourth-order valence-electron chi connectivity index (χ4n) is 3.27. The van der Waals surface area contributed by atoms with E-state index in [1.165, 1.54) is 6.92 Å². The van der Waals surface area contributed by atoms with E-state index in [1.807, 2.05) is 13.0 Å². The molecule has 0 saturated carbocycles. The number of nitrogens with one attached hydrogen (secondary N) is 3. The zero-order chi connectivity index (χ0) is 23.1. The number of anilines is 2. The minimum Gasteiger partial charge on any atom is -0.349 e. The average molecular weight is 450 g/mol. The summed E-state index contributed by atoms with van der Waals surface area (Å²) in [5, 5.41) is 9.14. The van der Waals surface area contributed by atoms with Crippen LogP contribution >= 0.6 is 11.6 Å². The molecule has 0 saturated heterocycles. The van der Waals surface area contributed by atoms with Crippen molar-refractivity contribution in [3.63, 3.8) is 0 Å². The maximum Gasteiger partial charge on any atom is 0.255 e. The molecule has 0 aliphatic rings. The van der Waals surface area contributed by atoms with Gasteiger partial charge in [0, 0.05) is 28.9 Å². The summed E-state index contributed by atoms with van der Waals surface area (Å²) in [5.74, 6) is -0.737. The van der Waals surface area contributed by atoms with Gasteiger partial charge in [-0.25, -0.2) is 0 Å². The summed E-state index contributed by atoms with van der Waals surface area (Å²) in [4.78, 5) is 36.9. The van der Waals surface area contributed by atoms with E-state index in [2.05, 4.69) is 16.0 Å². The third-order valence-electron chi connectivity index (χ3n) is 4.93. The summed E-state index contributed by atoms with van der Waals surface area (Å²) in [6.07, 6.45) is 0.0429. The molecule has 0 bridgehead atoms. The Labute approximate surface area is 192 Å². The number of benzene rings is 3. The van der Waals surface area contributed by atoms with Gasteiger partial charge in [0.1, 0.15) is 0 Å². The summed E-state index contributed by atoms with van der Waals surface area (Å²) >= 11 is 5.95. The van der Waals surface area contributed by atoms with Crippen molar-refractivity contribution in [1.29, 1.82) is 0 Å². The zero-order valence-corrected chi connectivity index (χ0v) is 18.6. The topological polar surface area (TPSA) is 87.3 Å². The predicted octanol–water partition coefficient (Wildman–Crippen LogP) is 5.11. The van der Waals surface area contributed by atoms with Gasteiger partial charge in [-0.05, 0) is 54.4 Å². The Bertz CT molecular complexity index is 1120. The van der Waals surface area contributed by atoms with E-state index in [4.69, 9.17) is 11.6 Å². The van der Waals surface area contributed by atoms with Gasteiger partial charge in [-0.2, -0.15) is 0 Å². The summed E-state index contributed by atoms with van der Waals surface area (Å²) in [7, 11) is 0. The Morgan fingerprint density at radius 2 is 1.47 bits per heavy atom. The predicted molar refractivity (Wildman–Crippen MR) is 127 cm³/mol. The van der Waals surface area contributed by atoms with Crippen LogP contribution in [0.5, 0.6) is 0 Å². The number of rotatable bonds is 7. The largest absolute Gasteiger partial charge is 0.349 e. The lowest BCUT2D eigenvalue weighted by Crippen LogP contribution is -2.29. The van der Waals surface area contributed by atoms with Gasteiger partial charge in [-0.15, -0.1) is 0 Å². The summed E-state index contributed by atoms with van der Waals surface area (Å²) in [6, 6.07) is 20.7. The lowest BCUT2D eigenvalue weighted by molar-refractivity contribution is -0.120. The van der Waals surface area contributed by atoms with Gasteiger partial charge in [-0.1, -0.05) is 48.0 Å². The molecule has 1 atom stereocenters. The molecule has 0 fully saturated rings. The van der Waals surface area contributed by atoms with Crippen molar-refractivity contribution in [3.8, 4) is 0 Å². The van der Waals surface area contributed by atoms with Crippen molar-refractivity contribution < 1.29 is 14.4 Å². The zero-order valence-electron chi connectivity index (χ0n) is 17.8. The van der Waals surface area contributed by atoms with Gasteiger partial charge in [0.25, 0.3) is 5.91 Å². The maximum atomic E-state index is 12.8. The van der Waals surface area contributed by atoms with Crippen LogP contribution in [-0.4, -0.2) is 17.7 Å². The number of halogens is 1. The lowest BCUT2D eigenvalue weighted by Gasteiger charge is -2.19. The Kier molecular flexibility index (Phi) is 7.63. The first-order chi connectivity index (χ1) is 15.3. The molecular weight excluding hydrogens is 426 g/mol. The smallest absolute Gasteiger partial charge is 0.255 e. The van der Waals surface area contributed by atoms with Crippen molar-refractivity contribution in [2.24, 2.45) is 0 Å². The molecule has 0 heterocycles. The molecule has 1 unspecified atom stereocenters. The first-order valence-corrected chi connectivity index (χ1v) is 10.5. The van der Waals surface area contributed by atoms with E-state index in [1.54, 1.807) is 66.7 Å². The number of hydrogen-bond acceptors (Lipinski definition) is 3. The molecule has 3 amide bonds. The highest BCUT2D eigenvalue weighted by Gasteiger charge is 2.18. The van der Waals surface area contributed by atoms with Crippen LogP contribution in [-0.2, 0) is 9.59 Å². The Hall–Kier alpha value is -3.64.